The quantitative estimate of drug-likeness (QED) is 0.472. The van der Waals surface area contributed by atoms with Crippen LogP contribution in [0.15, 0.2) is 0 Å². The number of hydrogen-bond donors (Lipinski definition) is 0. The van der Waals surface area contributed by atoms with Crippen molar-refractivity contribution >= 4 is 17.2 Å². The Morgan fingerprint density at radius 1 is 1.50 bits per heavy atom. The highest BCUT2D eigenvalue weighted by molar-refractivity contribution is 8.43. The van der Waals surface area contributed by atoms with E-state index >= 15 is 0 Å². The second-order valence-electron chi connectivity index (χ2n) is 0.976. The Hall–Kier alpha value is 0.380. The van der Waals surface area contributed by atoms with E-state index in [1.807, 2.05) is 0 Å². The highest BCUT2D eigenvalue weighted by Gasteiger charge is 1.90. The molecule has 0 bridgehead atoms. The Bertz CT molecular complexity index is 114. The fourth-order valence-corrected chi connectivity index (χ4v) is 0. The molecule has 0 amide bonds. The third kappa shape index (κ3) is 4.38. The van der Waals surface area contributed by atoms with Crippen LogP contribution in [0.2, 0.25) is 0 Å². The topological polar surface area (TPSA) is 34.1 Å². The lowest BCUT2D eigenvalue weighted by molar-refractivity contribution is 0.615. The van der Waals surface area contributed by atoms with E-state index in [1.54, 1.807) is 6.66 Å². The minimum absolute atomic E-state index is 0.0394. The van der Waals surface area contributed by atoms with Crippen LogP contribution in [0.1, 0.15) is 0 Å². The molecule has 0 aromatic carbocycles. The molecule has 0 spiro atoms. The second kappa shape index (κ2) is 1.90. The van der Waals surface area contributed by atoms with Gasteiger partial charge in [0.1, 0.15) is 0 Å². The van der Waals surface area contributed by atoms with Gasteiger partial charge in [0.05, 0.1) is 0 Å². The lowest BCUT2D eigenvalue weighted by Gasteiger charge is -1.81. The van der Waals surface area contributed by atoms with Gasteiger partial charge in [-0.3, -0.25) is 0 Å². The van der Waals surface area contributed by atoms with Crippen LogP contribution in [0, 0.1) is 0 Å². The first-order chi connectivity index (χ1) is 2.56. The zero-order valence-corrected chi connectivity index (χ0v) is 5.54. The molecule has 0 aromatic heterocycles. The Kier molecular flexibility index (Phi) is 2.02. The van der Waals surface area contributed by atoms with Crippen molar-refractivity contribution in [2.75, 3.05) is 12.9 Å². The van der Waals surface area contributed by atoms with Crippen molar-refractivity contribution in [2.24, 2.45) is 0 Å². The van der Waals surface area contributed by atoms with E-state index in [1.165, 1.54) is 6.26 Å². The zero-order valence-electron chi connectivity index (χ0n) is 3.72. The summed E-state index contributed by atoms with van der Waals surface area (Å²) < 4.78 is 20.0. The molecule has 0 heterocycles. The molecule has 0 aliphatic carbocycles. The Morgan fingerprint density at radius 3 is 1.67 bits per heavy atom. The fraction of sp³-hybridized carbons (Fsp3) is 1.00. The van der Waals surface area contributed by atoms with Gasteiger partial charge in [-0.05, 0) is 6.66 Å². The molecule has 0 radical (unpaired) electrons. The largest absolute Gasteiger partial charge is 0.225 e. The molecule has 0 saturated heterocycles. The summed E-state index contributed by atoms with van der Waals surface area (Å²) in [5, 5.41) is 0. The summed E-state index contributed by atoms with van der Waals surface area (Å²) in [7, 11) is -2.59. The average molecular weight is 126 g/mol. The second-order valence-corrected chi connectivity index (χ2v) is 6.38. The average Bonchev–Trinajstić information content (AvgIpc) is 1.35. The molecule has 0 rings (SSSR count). The summed E-state index contributed by atoms with van der Waals surface area (Å²) >= 11 is 0. The Balaban J connectivity index is 3.85. The molecule has 1 atom stereocenters. The minimum Gasteiger partial charge on any atom is -0.225 e. The third-order valence-corrected chi connectivity index (χ3v) is 3.34. The van der Waals surface area contributed by atoms with Crippen molar-refractivity contribution in [3.63, 3.8) is 0 Å². The van der Waals surface area contributed by atoms with E-state index in [9.17, 15) is 8.42 Å². The van der Waals surface area contributed by atoms with E-state index in [-0.39, 0.29) is 7.78 Å². The summed E-state index contributed by atoms with van der Waals surface area (Å²) in [5.74, 6) is 0. The smallest absolute Gasteiger partial charge is 0.161 e. The summed E-state index contributed by atoms with van der Waals surface area (Å²) in [5.41, 5.74) is 0. The van der Waals surface area contributed by atoms with E-state index in [2.05, 4.69) is 0 Å². The van der Waals surface area contributed by atoms with Gasteiger partial charge >= 0.3 is 0 Å². The fourth-order valence-electron chi connectivity index (χ4n) is 0. The first kappa shape index (κ1) is 6.38. The standard InChI is InChI=1S/C2H7O2PS/c1-5-6(2,3)4/h5H,1-2H3. The van der Waals surface area contributed by atoms with Crippen molar-refractivity contribution in [3.05, 3.63) is 0 Å². The van der Waals surface area contributed by atoms with Crippen molar-refractivity contribution in [2.45, 2.75) is 0 Å². The molecule has 0 saturated carbocycles. The van der Waals surface area contributed by atoms with Gasteiger partial charge < -0.3 is 0 Å². The third-order valence-electron chi connectivity index (χ3n) is 0.371. The summed E-state index contributed by atoms with van der Waals surface area (Å²) in [6, 6.07) is 0. The molecule has 1 unspecified atom stereocenters. The zero-order chi connectivity index (χ0) is 5.21. The maximum absolute atomic E-state index is 10.0. The molecule has 38 valence electrons. The maximum Gasteiger partial charge on any atom is 0.161 e. The maximum atomic E-state index is 10.0. The van der Waals surface area contributed by atoms with Crippen LogP contribution in [0.3, 0.4) is 0 Å². The molecule has 4 heteroatoms. The molecule has 0 N–H and O–H groups in total. The molecule has 2 nitrogen and oxygen atoms in total. The van der Waals surface area contributed by atoms with Gasteiger partial charge in [-0.25, -0.2) is 8.42 Å². The van der Waals surface area contributed by atoms with E-state index in [0.717, 1.165) is 0 Å². The summed E-state index contributed by atoms with van der Waals surface area (Å²) in [6.07, 6.45) is 1.23. The molecule has 0 aliphatic heterocycles. The molecule has 0 aromatic rings. The summed E-state index contributed by atoms with van der Waals surface area (Å²) in [6.45, 7) is 1.65. The van der Waals surface area contributed by atoms with Crippen LogP contribution in [-0.2, 0) is 9.46 Å². The van der Waals surface area contributed by atoms with Crippen LogP contribution < -0.4 is 0 Å². The molecular weight excluding hydrogens is 119 g/mol. The Morgan fingerprint density at radius 2 is 1.67 bits per heavy atom. The predicted octanol–water partition coefficient (Wildman–Crippen LogP) is 0.254. The van der Waals surface area contributed by atoms with Crippen molar-refractivity contribution in [3.8, 4) is 0 Å². The number of hydrogen-bond acceptors (Lipinski definition) is 2. The highest BCUT2D eigenvalue weighted by atomic mass is 32.8. The van der Waals surface area contributed by atoms with Gasteiger partial charge in [-0.1, -0.05) is 0 Å². The Labute approximate surface area is 39.4 Å². The van der Waals surface area contributed by atoms with Gasteiger partial charge in [0.15, 0.2) is 9.46 Å². The van der Waals surface area contributed by atoms with Crippen LogP contribution in [0.25, 0.3) is 0 Å². The molecule has 0 aliphatic rings. The van der Waals surface area contributed by atoms with E-state index in [0.29, 0.717) is 0 Å². The van der Waals surface area contributed by atoms with E-state index < -0.39 is 9.46 Å². The lowest BCUT2D eigenvalue weighted by Crippen LogP contribution is -1.80. The molecular formula is C2H7O2PS. The summed E-state index contributed by atoms with van der Waals surface area (Å²) in [4.78, 5) is 0. The van der Waals surface area contributed by atoms with Crippen LogP contribution >= 0.6 is 7.78 Å². The van der Waals surface area contributed by atoms with Gasteiger partial charge in [0, 0.05) is 14.0 Å². The van der Waals surface area contributed by atoms with Crippen LogP contribution in [0.4, 0.5) is 0 Å². The molecule has 6 heavy (non-hydrogen) atoms. The van der Waals surface area contributed by atoms with Crippen LogP contribution in [0.5, 0.6) is 0 Å². The van der Waals surface area contributed by atoms with Gasteiger partial charge in [0.2, 0.25) is 0 Å². The van der Waals surface area contributed by atoms with Crippen molar-refractivity contribution in [1.29, 1.82) is 0 Å². The van der Waals surface area contributed by atoms with E-state index in [4.69, 9.17) is 0 Å². The van der Waals surface area contributed by atoms with Crippen molar-refractivity contribution in [1.82, 2.24) is 0 Å². The van der Waals surface area contributed by atoms with Gasteiger partial charge in [-0.15, -0.1) is 0 Å². The van der Waals surface area contributed by atoms with Crippen LogP contribution in [-0.4, -0.2) is 21.3 Å². The first-order valence-corrected chi connectivity index (χ1v) is 5.56. The number of rotatable bonds is 1. The van der Waals surface area contributed by atoms with Gasteiger partial charge in [-0.2, -0.15) is 0 Å². The monoisotopic (exact) mass is 126 g/mol. The van der Waals surface area contributed by atoms with Gasteiger partial charge in [0.25, 0.3) is 0 Å². The van der Waals surface area contributed by atoms with Crippen molar-refractivity contribution < 1.29 is 8.42 Å². The minimum atomic E-state index is -2.63. The first-order valence-electron chi connectivity index (χ1n) is 1.45. The predicted molar refractivity (Wildman–Crippen MR) is 29.1 cm³/mol. The highest BCUT2D eigenvalue weighted by Crippen LogP contribution is 2.10. The normalized spacial score (nSPS) is 13.7. The SMILES string of the molecule is CPS(C)(=O)=O. The molecule has 0 fully saturated rings. The lowest BCUT2D eigenvalue weighted by atomic mass is 12.0.